The standard InChI is InChI=1S/C29H19Br/c30-28-19-21-11-5-4-10-20(21)18-27(28)29(22-12-2-1-3-13-22)25-16-8-6-14-23(25)24-15-7-9-17-26(24)29/h1-19H. The molecule has 30 heavy (non-hydrogen) atoms. The van der Waals surface area contributed by atoms with Gasteiger partial charge in [-0.05, 0) is 56.3 Å². The zero-order valence-corrected chi connectivity index (χ0v) is 17.9. The van der Waals surface area contributed by atoms with Crippen LogP contribution in [0.3, 0.4) is 0 Å². The smallest absolute Gasteiger partial charge is 0.0622 e. The zero-order chi connectivity index (χ0) is 20.1. The first-order valence-corrected chi connectivity index (χ1v) is 11.0. The number of fused-ring (bicyclic) bond motifs is 4. The molecule has 142 valence electrons. The van der Waals surface area contributed by atoms with E-state index in [9.17, 15) is 0 Å². The van der Waals surface area contributed by atoms with E-state index in [1.54, 1.807) is 0 Å². The summed E-state index contributed by atoms with van der Waals surface area (Å²) < 4.78 is 1.14. The van der Waals surface area contributed by atoms with Gasteiger partial charge in [0, 0.05) is 4.47 Å². The van der Waals surface area contributed by atoms with Crippen LogP contribution >= 0.6 is 15.9 Å². The summed E-state index contributed by atoms with van der Waals surface area (Å²) in [6, 6.07) is 41.9. The molecule has 0 N–H and O–H groups in total. The van der Waals surface area contributed by atoms with Crippen molar-refractivity contribution in [2.75, 3.05) is 0 Å². The average Bonchev–Trinajstić information content (AvgIpc) is 3.11. The van der Waals surface area contributed by atoms with Crippen LogP contribution in [0.25, 0.3) is 21.9 Å². The van der Waals surface area contributed by atoms with Gasteiger partial charge in [-0.25, -0.2) is 0 Å². The normalized spacial score (nSPS) is 13.8. The minimum absolute atomic E-state index is 0.364. The average molecular weight is 447 g/mol. The molecule has 0 saturated carbocycles. The molecule has 0 fully saturated rings. The van der Waals surface area contributed by atoms with Gasteiger partial charge >= 0.3 is 0 Å². The van der Waals surface area contributed by atoms with E-state index >= 15 is 0 Å². The second kappa shape index (κ2) is 6.68. The third-order valence-electron chi connectivity index (χ3n) is 6.40. The van der Waals surface area contributed by atoms with Crippen molar-refractivity contribution in [3.8, 4) is 11.1 Å². The third kappa shape index (κ3) is 2.33. The Morgan fingerprint density at radius 1 is 0.467 bits per heavy atom. The summed E-state index contributed by atoms with van der Waals surface area (Å²) in [6.07, 6.45) is 0. The first kappa shape index (κ1) is 17.7. The van der Waals surface area contributed by atoms with Crippen molar-refractivity contribution in [2.45, 2.75) is 5.41 Å². The molecule has 0 amide bonds. The first-order valence-electron chi connectivity index (χ1n) is 10.2. The number of hydrogen-bond donors (Lipinski definition) is 0. The Morgan fingerprint density at radius 3 is 1.60 bits per heavy atom. The van der Waals surface area contributed by atoms with Gasteiger partial charge in [0.05, 0.1) is 5.41 Å². The van der Waals surface area contributed by atoms with E-state index in [1.165, 1.54) is 44.2 Å². The van der Waals surface area contributed by atoms with Crippen molar-refractivity contribution in [1.29, 1.82) is 0 Å². The molecule has 1 aliphatic carbocycles. The molecule has 1 heteroatoms. The van der Waals surface area contributed by atoms with Crippen molar-refractivity contribution in [1.82, 2.24) is 0 Å². The monoisotopic (exact) mass is 446 g/mol. The number of halogens is 1. The zero-order valence-electron chi connectivity index (χ0n) is 16.3. The molecular weight excluding hydrogens is 428 g/mol. The molecule has 0 bridgehead atoms. The van der Waals surface area contributed by atoms with E-state index < -0.39 is 0 Å². The second-order valence-electron chi connectivity index (χ2n) is 7.89. The fraction of sp³-hybridized carbons (Fsp3) is 0.0345. The lowest BCUT2D eigenvalue weighted by molar-refractivity contribution is 0.765. The van der Waals surface area contributed by atoms with Crippen molar-refractivity contribution >= 4 is 26.7 Å². The van der Waals surface area contributed by atoms with E-state index in [-0.39, 0.29) is 5.41 Å². The van der Waals surface area contributed by atoms with Crippen LogP contribution in [0.15, 0.2) is 120 Å². The maximum Gasteiger partial charge on any atom is 0.0724 e. The predicted octanol–water partition coefficient (Wildman–Crippen LogP) is 7.97. The van der Waals surface area contributed by atoms with Crippen LogP contribution in [0.2, 0.25) is 0 Å². The lowest BCUT2D eigenvalue weighted by atomic mass is 9.67. The van der Waals surface area contributed by atoms with E-state index in [1.807, 2.05) is 0 Å². The summed E-state index contributed by atoms with van der Waals surface area (Å²) in [5, 5.41) is 2.50. The molecule has 0 nitrogen and oxygen atoms in total. The van der Waals surface area contributed by atoms with Gasteiger partial charge in [0.25, 0.3) is 0 Å². The van der Waals surface area contributed by atoms with Gasteiger partial charge in [-0.1, -0.05) is 119 Å². The Kier molecular flexibility index (Phi) is 3.94. The highest BCUT2D eigenvalue weighted by molar-refractivity contribution is 9.10. The van der Waals surface area contributed by atoms with Gasteiger partial charge in [0.2, 0.25) is 0 Å². The molecule has 0 spiro atoms. The maximum absolute atomic E-state index is 3.96. The Balaban J connectivity index is 1.82. The highest BCUT2D eigenvalue weighted by atomic mass is 79.9. The number of hydrogen-bond acceptors (Lipinski definition) is 0. The number of benzene rings is 5. The molecule has 1 aliphatic rings. The highest BCUT2D eigenvalue weighted by Crippen LogP contribution is 2.57. The topological polar surface area (TPSA) is 0 Å². The number of rotatable bonds is 2. The van der Waals surface area contributed by atoms with Gasteiger partial charge in [-0.2, -0.15) is 0 Å². The van der Waals surface area contributed by atoms with Crippen LogP contribution in [0.1, 0.15) is 22.3 Å². The van der Waals surface area contributed by atoms with E-state index in [2.05, 4.69) is 131 Å². The van der Waals surface area contributed by atoms with Crippen LogP contribution in [0.4, 0.5) is 0 Å². The molecule has 0 aliphatic heterocycles. The maximum atomic E-state index is 3.96. The molecule has 0 radical (unpaired) electrons. The van der Waals surface area contributed by atoms with Crippen molar-refractivity contribution in [3.63, 3.8) is 0 Å². The SMILES string of the molecule is Brc1cc2ccccc2cc1C1(c2ccccc2)c2ccccc2-c2ccccc21. The summed E-state index contributed by atoms with van der Waals surface area (Å²) in [5.41, 5.74) is 7.52. The summed E-state index contributed by atoms with van der Waals surface area (Å²) >= 11 is 3.96. The summed E-state index contributed by atoms with van der Waals surface area (Å²) in [4.78, 5) is 0. The molecule has 0 unspecified atom stereocenters. The molecule has 0 heterocycles. The van der Waals surface area contributed by atoms with Gasteiger partial charge in [-0.15, -0.1) is 0 Å². The quantitative estimate of drug-likeness (QED) is 0.253. The molecule has 6 rings (SSSR count). The van der Waals surface area contributed by atoms with Crippen LogP contribution < -0.4 is 0 Å². The van der Waals surface area contributed by atoms with Crippen LogP contribution in [-0.2, 0) is 5.41 Å². The summed E-state index contributed by atoms with van der Waals surface area (Å²) in [6.45, 7) is 0. The fourth-order valence-electron chi connectivity index (χ4n) is 5.18. The van der Waals surface area contributed by atoms with E-state index in [0.29, 0.717) is 0 Å². The van der Waals surface area contributed by atoms with Gasteiger partial charge in [0.15, 0.2) is 0 Å². The lowest BCUT2D eigenvalue weighted by Gasteiger charge is -2.35. The Labute approximate surface area is 185 Å². The minimum atomic E-state index is -0.364. The minimum Gasteiger partial charge on any atom is -0.0622 e. The van der Waals surface area contributed by atoms with Crippen molar-refractivity contribution in [3.05, 3.63) is 142 Å². The van der Waals surface area contributed by atoms with Gasteiger partial charge < -0.3 is 0 Å². The molecule has 0 saturated heterocycles. The van der Waals surface area contributed by atoms with E-state index in [4.69, 9.17) is 0 Å². The second-order valence-corrected chi connectivity index (χ2v) is 8.74. The molecule has 5 aromatic rings. The van der Waals surface area contributed by atoms with Gasteiger partial charge in [-0.3, -0.25) is 0 Å². The summed E-state index contributed by atoms with van der Waals surface area (Å²) in [7, 11) is 0. The van der Waals surface area contributed by atoms with Crippen LogP contribution in [0.5, 0.6) is 0 Å². The Morgan fingerprint density at radius 2 is 0.967 bits per heavy atom. The first-order chi connectivity index (χ1) is 14.8. The van der Waals surface area contributed by atoms with Crippen LogP contribution in [-0.4, -0.2) is 0 Å². The van der Waals surface area contributed by atoms with Crippen LogP contribution in [0, 0.1) is 0 Å². The van der Waals surface area contributed by atoms with Crippen molar-refractivity contribution in [2.24, 2.45) is 0 Å². The lowest BCUT2D eigenvalue weighted by Crippen LogP contribution is -2.29. The fourth-order valence-corrected chi connectivity index (χ4v) is 5.84. The Bertz CT molecular complexity index is 1350. The van der Waals surface area contributed by atoms with E-state index in [0.717, 1.165) is 4.47 Å². The highest BCUT2D eigenvalue weighted by Gasteiger charge is 2.46. The molecule has 0 atom stereocenters. The Hall–Kier alpha value is -3.16. The predicted molar refractivity (Wildman–Crippen MR) is 129 cm³/mol. The molecule has 5 aromatic carbocycles. The van der Waals surface area contributed by atoms with Gasteiger partial charge in [0.1, 0.15) is 0 Å². The third-order valence-corrected chi connectivity index (χ3v) is 7.05. The summed E-state index contributed by atoms with van der Waals surface area (Å²) in [5.74, 6) is 0. The van der Waals surface area contributed by atoms with Crippen molar-refractivity contribution < 1.29 is 0 Å². The molecular formula is C29H19Br. The largest absolute Gasteiger partial charge is 0.0724 e. The molecule has 0 aromatic heterocycles.